The Balaban J connectivity index is 1.57. The number of carbonyl (C=O) groups excluding carboxylic acids is 1. The number of alkyl halides is 3. The second-order valence-corrected chi connectivity index (χ2v) is 8.61. The molecule has 3 aromatic rings. The number of nitrogens with zero attached hydrogens (tertiary/aromatic N) is 1. The summed E-state index contributed by atoms with van der Waals surface area (Å²) in [6.07, 6.45) is -4.45. The molecule has 0 spiro atoms. The highest BCUT2D eigenvalue weighted by atomic mass is 35.5. The van der Waals surface area contributed by atoms with Crippen LogP contribution in [0.1, 0.15) is 16.5 Å². The van der Waals surface area contributed by atoms with Crippen molar-refractivity contribution in [2.45, 2.75) is 11.6 Å². The van der Waals surface area contributed by atoms with Crippen molar-refractivity contribution in [1.29, 1.82) is 0 Å². The lowest BCUT2D eigenvalue weighted by Gasteiger charge is -2.25. The van der Waals surface area contributed by atoms with Gasteiger partial charge in [0.25, 0.3) is 0 Å². The first-order chi connectivity index (χ1) is 14.7. The van der Waals surface area contributed by atoms with Crippen LogP contribution in [-0.2, 0) is 11.0 Å². The van der Waals surface area contributed by atoms with E-state index in [-0.39, 0.29) is 11.7 Å². The van der Waals surface area contributed by atoms with Gasteiger partial charge in [-0.2, -0.15) is 13.2 Å². The highest BCUT2D eigenvalue weighted by Gasteiger charge is 2.36. The molecular weight excluding hydrogens is 470 g/mol. The number of thioether (sulfide) groups is 1. The monoisotopic (exact) mass is 483 g/mol. The van der Waals surface area contributed by atoms with Gasteiger partial charge in [-0.25, -0.2) is 0 Å². The van der Waals surface area contributed by atoms with Crippen LogP contribution in [0, 0.1) is 0 Å². The molecule has 3 nitrogen and oxygen atoms in total. The first kappa shape index (κ1) is 21.9. The Morgan fingerprint density at radius 2 is 1.65 bits per heavy atom. The van der Waals surface area contributed by atoms with E-state index in [0.717, 1.165) is 12.1 Å². The van der Waals surface area contributed by atoms with E-state index in [0.29, 0.717) is 32.8 Å². The van der Waals surface area contributed by atoms with Gasteiger partial charge in [0.2, 0.25) is 5.91 Å². The third-order valence-corrected chi connectivity index (χ3v) is 6.56. The molecule has 3 aromatic carbocycles. The molecule has 0 bridgehead atoms. The average Bonchev–Trinajstić information content (AvgIpc) is 3.12. The number of halogens is 5. The minimum absolute atomic E-state index is 0.175. The summed E-state index contributed by atoms with van der Waals surface area (Å²) in [7, 11) is 0. The molecule has 1 fully saturated rings. The molecule has 31 heavy (non-hydrogen) atoms. The average molecular weight is 484 g/mol. The molecule has 1 amide bonds. The predicted octanol–water partition coefficient (Wildman–Crippen LogP) is 7.58. The van der Waals surface area contributed by atoms with Gasteiger partial charge in [0.15, 0.2) is 0 Å². The first-order valence-electron chi connectivity index (χ1n) is 9.06. The van der Waals surface area contributed by atoms with E-state index in [4.69, 9.17) is 27.9 Å². The van der Waals surface area contributed by atoms with E-state index in [1.165, 1.54) is 22.7 Å². The van der Waals surface area contributed by atoms with Gasteiger partial charge in [-0.1, -0.05) is 35.3 Å². The summed E-state index contributed by atoms with van der Waals surface area (Å²) in [6.45, 7) is 0. The highest BCUT2D eigenvalue weighted by molar-refractivity contribution is 8.00. The number of hydrogen-bond acceptors (Lipinski definition) is 3. The SMILES string of the molecule is O=C1CSC(c2cccc(C(F)(F)F)c2)N1c1ccc(Oc2ccc(Cl)c(Cl)c2)cc1. The molecule has 1 saturated heterocycles. The number of benzene rings is 3. The summed E-state index contributed by atoms with van der Waals surface area (Å²) in [5.74, 6) is 1.02. The van der Waals surface area contributed by atoms with Crippen LogP contribution in [-0.4, -0.2) is 11.7 Å². The lowest BCUT2D eigenvalue weighted by molar-refractivity contribution is -0.137. The van der Waals surface area contributed by atoms with Crippen LogP contribution in [0.2, 0.25) is 10.0 Å². The Morgan fingerprint density at radius 1 is 0.935 bits per heavy atom. The lowest BCUT2D eigenvalue weighted by Crippen LogP contribution is -2.27. The van der Waals surface area contributed by atoms with E-state index in [1.54, 1.807) is 48.5 Å². The Morgan fingerprint density at radius 3 is 2.32 bits per heavy atom. The summed E-state index contributed by atoms with van der Waals surface area (Å²) in [5.41, 5.74) is 0.246. The topological polar surface area (TPSA) is 29.5 Å². The number of rotatable bonds is 4. The molecule has 0 N–H and O–H groups in total. The molecule has 1 heterocycles. The van der Waals surface area contributed by atoms with Crippen molar-refractivity contribution >= 4 is 46.6 Å². The van der Waals surface area contributed by atoms with Crippen LogP contribution in [0.4, 0.5) is 18.9 Å². The van der Waals surface area contributed by atoms with Crippen LogP contribution in [0.3, 0.4) is 0 Å². The summed E-state index contributed by atoms with van der Waals surface area (Å²) in [6, 6.07) is 16.7. The molecule has 1 aliphatic heterocycles. The lowest BCUT2D eigenvalue weighted by atomic mass is 10.1. The Bertz CT molecular complexity index is 1120. The number of anilines is 1. The van der Waals surface area contributed by atoms with Crippen LogP contribution in [0.5, 0.6) is 11.5 Å². The molecule has 9 heteroatoms. The van der Waals surface area contributed by atoms with Gasteiger partial charge < -0.3 is 4.74 Å². The van der Waals surface area contributed by atoms with Crippen LogP contribution < -0.4 is 9.64 Å². The van der Waals surface area contributed by atoms with Crippen LogP contribution >= 0.6 is 35.0 Å². The summed E-state index contributed by atoms with van der Waals surface area (Å²) in [4.78, 5) is 14.0. The van der Waals surface area contributed by atoms with Crippen molar-refractivity contribution < 1.29 is 22.7 Å². The van der Waals surface area contributed by atoms with Crippen molar-refractivity contribution in [1.82, 2.24) is 0 Å². The smallest absolute Gasteiger partial charge is 0.416 e. The zero-order valence-corrected chi connectivity index (χ0v) is 18.0. The van der Waals surface area contributed by atoms with Gasteiger partial charge in [0.1, 0.15) is 16.9 Å². The highest BCUT2D eigenvalue weighted by Crippen LogP contribution is 2.43. The number of amides is 1. The Kier molecular flexibility index (Phi) is 6.10. The van der Waals surface area contributed by atoms with Crippen molar-refractivity contribution in [3.8, 4) is 11.5 Å². The third kappa shape index (κ3) is 4.79. The standard InChI is InChI=1S/C22H14Cl2F3NO2S/c23-18-9-8-17(11-19(18)24)30-16-6-4-15(5-7-16)28-20(29)12-31-21(28)13-2-1-3-14(10-13)22(25,26)27/h1-11,21H,12H2. The van der Waals surface area contributed by atoms with Crippen LogP contribution in [0.25, 0.3) is 0 Å². The van der Waals surface area contributed by atoms with Gasteiger partial charge in [-0.15, -0.1) is 11.8 Å². The van der Waals surface area contributed by atoms with E-state index < -0.39 is 17.1 Å². The maximum atomic E-state index is 13.1. The number of hydrogen-bond donors (Lipinski definition) is 0. The summed E-state index contributed by atoms with van der Waals surface area (Å²) in [5, 5.41) is 0.228. The molecule has 0 saturated carbocycles. The molecular formula is C22H14Cl2F3NO2S. The fraction of sp³-hybridized carbons (Fsp3) is 0.136. The Labute approximate surface area is 190 Å². The molecule has 4 rings (SSSR count). The zero-order chi connectivity index (χ0) is 22.2. The minimum Gasteiger partial charge on any atom is -0.457 e. The summed E-state index contributed by atoms with van der Waals surface area (Å²) < 4.78 is 45.1. The van der Waals surface area contributed by atoms with Crippen molar-refractivity contribution in [2.24, 2.45) is 0 Å². The second-order valence-electron chi connectivity index (χ2n) is 6.72. The minimum atomic E-state index is -4.45. The Hall–Kier alpha value is -2.35. The maximum absolute atomic E-state index is 13.1. The number of carbonyl (C=O) groups is 1. The van der Waals surface area contributed by atoms with Gasteiger partial charge in [0, 0.05) is 11.8 Å². The molecule has 1 unspecified atom stereocenters. The van der Waals surface area contributed by atoms with Crippen LogP contribution in [0.15, 0.2) is 66.7 Å². The van der Waals surface area contributed by atoms with Crippen molar-refractivity contribution in [3.05, 3.63) is 87.9 Å². The maximum Gasteiger partial charge on any atom is 0.416 e. The van der Waals surface area contributed by atoms with E-state index in [1.807, 2.05) is 0 Å². The van der Waals surface area contributed by atoms with Crippen molar-refractivity contribution in [3.63, 3.8) is 0 Å². The van der Waals surface area contributed by atoms with E-state index in [9.17, 15) is 18.0 Å². The summed E-state index contributed by atoms with van der Waals surface area (Å²) >= 11 is 13.2. The quantitative estimate of drug-likeness (QED) is 0.382. The second kappa shape index (κ2) is 8.65. The molecule has 0 aromatic heterocycles. The molecule has 160 valence electrons. The van der Waals surface area contributed by atoms with Gasteiger partial charge in [-0.05, 0) is 54.1 Å². The largest absolute Gasteiger partial charge is 0.457 e. The van der Waals surface area contributed by atoms with Gasteiger partial charge >= 0.3 is 6.18 Å². The predicted molar refractivity (Wildman–Crippen MR) is 117 cm³/mol. The van der Waals surface area contributed by atoms with Crippen molar-refractivity contribution in [2.75, 3.05) is 10.7 Å². The van der Waals surface area contributed by atoms with Gasteiger partial charge in [-0.3, -0.25) is 9.69 Å². The fourth-order valence-electron chi connectivity index (χ4n) is 3.17. The fourth-order valence-corrected chi connectivity index (χ4v) is 4.62. The van der Waals surface area contributed by atoms with E-state index in [2.05, 4.69) is 0 Å². The van der Waals surface area contributed by atoms with E-state index >= 15 is 0 Å². The van der Waals surface area contributed by atoms with Gasteiger partial charge in [0.05, 0.1) is 21.4 Å². The normalized spacial score (nSPS) is 16.6. The first-order valence-corrected chi connectivity index (χ1v) is 10.9. The zero-order valence-electron chi connectivity index (χ0n) is 15.7. The molecule has 1 atom stereocenters. The third-order valence-electron chi connectivity index (χ3n) is 4.61. The number of ether oxygens (including phenoxy) is 1. The molecule has 0 radical (unpaired) electrons. The molecule has 0 aliphatic carbocycles. The molecule has 1 aliphatic rings.